The molecule has 7 heteroatoms. The topological polar surface area (TPSA) is 67.7 Å². The maximum Gasteiger partial charge on any atom is 0.257 e. The highest BCUT2D eigenvalue weighted by atomic mass is 16.5. The lowest BCUT2D eigenvalue weighted by molar-refractivity contribution is -0.140. The fraction of sp³-hybridized carbons (Fsp3) is 0.500. The summed E-state index contributed by atoms with van der Waals surface area (Å²) in [5.74, 6) is 0.0125. The summed E-state index contributed by atoms with van der Waals surface area (Å²) in [7, 11) is 0. The molecule has 4 rings (SSSR count). The number of carbonyl (C=O) groups excluding carboxylic acids is 2. The molecule has 2 fully saturated rings. The number of benzene rings is 1. The van der Waals surface area contributed by atoms with Gasteiger partial charge in [-0.1, -0.05) is 25.1 Å². The molecule has 29 heavy (non-hydrogen) atoms. The summed E-state index contributed by atoms with van der Waals surface area (Å²) in [4.78, 5) is 29.1. The van der Waals surface area contributed by atoms with Crippen LogP contribution in [0.25, 0.3) is 0 Å². The zero-order valence-electron chi connectivity index (χ0n) is 16.9. The Hall–Kier alpha value is -2.67. The summed E-state index contributed by atoms with van der Waals surface area (Å²) in [6.45, 7) is 4.84. The monoisotopic (exact) mass is 396 g/mol. The number of amides is 2. The molecule has 1 spiro atoms. The van der Waals surface area contributed by atoms with E-state index in [1.165, 1.54) is 0 Å². The lowest BCUT2D eigenvalue weighted by Gasteiger charge is -2.42. The van der Waals surface area contributed by atoms with Crippen LogP contribution in [0, 0.1) is 0 Å². The van der Waals surface area contributed by atoms with E-state index in [1.54, 1.807) is 6.20 Å². The van der Waals surface area contributed by atoms with Gasteiger partial charge < -0.3 is 14.5 Å². The fourth-order valence-electron chi connectivity index (χ4n) is 4.24. The number of hydrogen-bond donors (Lipinski definition) is 0. The Bertz CT molecular complexity index is 866. The number of carbonyl (C=O) groups is 2. The van der Waals surface area contributed by atoms with E-state index in [4.69, 9.17) is 4.74 Å². The summed E-state index contributed by atoms with van der Waals surface area (Å²) in [5, 5.41) is 4.28. The molecule has 154 valence electrons. The van der Waals surface area contributed by atoms with Crippen molar-refractivity contribution >= 4 is 17.5 Å². The van der Waals surface area contributed by atoms with Gasteiger partial charge in [0.15, 0.2) is 0 Å². The Balaban J connectivity index is 1.45. The molecule has 1 aromatic heterocycles. The van der Waals surface area contributed by atoms with Crippen molar-refractivity contribution in [3.63, 3.8) is 0 Å². The summed E-state index contributed by atoms with van der Waals surface area (Å²) in [6, 6.07) is 9.74. The van der Waals surface area contributed by atoms with E-state index in [9.17, 15) is 9.59 Å². The summed E-state index contributed by atoms with van der Waals surface area (Å²) in [6.07, 6.45) is 6.88. The molecule has 0 bridgehead atoms. The van der Waals surface area contributed by atoms with Crippen molar-refractivity contribution in [2.24, 2.45) is 0 Å². The first-order valence-corrected chi connectivity index (χ1v) is 10.4. The standard InChI is InChI=1S/C22H28N4O3/c1-2-11-25-15-18(14-23-25)21(28)24-12-6-9-22(10-13-24)17-26(20(27)16-29-22)19-7-4-3-5-8-19/h3-5,7-8,14-15H,2,6,9-13,16-17H2,1H3. The first-order chi connectivity index (χ1) is 14.1. The van der Waals surface area contributed by atoms with Gasteiger partial charge in [0.1, 0.15) is 6.61 Å². The molecular formula is C22H28N4O3. The van der Waals surface area contributed by atoms with Crippen molar-refractivity contribution in [1.29, 1.82) is 0 Å². The van der Waals surface area contributed by atoms with Gasteiger partial charge in [-0.3, -0.25) is 14.3 Å². The van der Waals surface area contributed by atoms with Crippen LogP contribution in [0.15, 0.2) is 42.7 Å². The molecule has 1 unspecified atom stereocenters. The fourth-order valence-corrected chi connectivity index (χ4v) is 4.24. The average Bonchev–Trinajstić information content (AvgIpc) is 3.11. The third kappa shape index (κ3) is 4.19. The normalized spacial score (nSPS) is 22.7. The largest absolute Gasteiger partial charge is 0.363 e. The zero-order valence-corrected chi connectivity index (χ0v) is 16.9. The van der Waals surface area contributed by atoms with Gasteiger partial charge in [-0.2, -0.15) is 5.10 Å². The first kappa shape index (κ1) is 19.6. The summed E-state index contributed by atoms with van der Waals surface area (Å²) < 4.78 is 7.89. The molecule has 3 heterocycles. The minimum atomic E-state index is -0.398. The van der Waals surface area contributed by atoms with Crippen LogP contribution in [0.4, 0.5) is 5.69 Å². The SMILES string of the molecule is CCCn1cc(C(=O)N2CCCC3(CC2)CN(c2ccccc2)C(=O)CO3)cn1. The lowest BCUT2D eigenvalue weighted by Crippen LogP contribution is -2.55. The Morgan fingerprint density at radius 2 is 2.03 bits per heavy atom. The molecule has 2 aromatic rings. The predicted octanol–water partition coefficient (Wildman–Crippen LogP) is 2.72. The molecule has 2 aliphatic heterocycles. The van der Waals surface area contributed by atoms with Gasteiger partial charge in [-0.15, -0.1) is 0 Å². The number of ether oxygens (including phenoxy) is 1. The third-order valence-corrected chi connectivity index (χ3v) is 5.83. The smallest absolute Gasteiger partial charge is 0.257 e. The van der Waals surface area contributed by atoms with E-state index in [-0.39, 0.29) is 18.4 Å². The quantitative estimate of drug-likeness (QED) is 0.797. The van der Waals surface area contributed by atoms with Crippen LogP contribution in [0.5, 0.6) is 0 Å². The minimum Gasteiger partial charge on any atom is -0.363 e. The van der Waals surface area contributed by atoms with E-state index in [0.717, 1.165) is 37.9 Å². The second-order valence-electron chi connectivity index (χ2n) is 7.92. The van der Waals surface area contributed by atoms with E-state index >= 15 is 0 Å². The number of aromatic nitrogens is 2. The van der Waals surface area contributed by atoms with Crippen molar-refractivity contribution in [3.05, 3.63) is 48.3 Å². The van der Waals surface area contributed by atoms with Crippen LogP contribution in [-0.4, -0.2) is 58.3 Å². The maximum atomic E-state index is 12.9. The van der Waals surface area contributed by atoms with Crippen LogP contribution in [0.3, 0.4) is 0 Å². The Labute approximate surface area is 171 Å². The molecule has 0 radical (unpaired) electrons. The predicted molar refractivity (Wildman–Crippen MR) is 110 cm³/mol. The molecular weight excluding hydrogens is 368 g/mol. The van der Waals surface area contributed by atoms with Crippen molar-refractivity contribution in [1.82, 2.24) is 14.7 Å². The summed E-state index contributed by atoms with van der Waals surface area (Å²) in [5.41, 5.74) is 1.14. The molecule has 2 aliphatic rings. The number of rotatable bonds is 4. The van der Waals surface area contributed by atoms with Crippen LogP contribution >= 0.6 is 0 Å². The molecule has 2 saturated heterocycles. The molecule has 1 aromatic carbocycles. The highest BCUT2D eigenvalue weighted by molar-refractivity contribution is 5.95. The maximum absolute atomic E-state index is 12.9. The van der Waals surface area contributed by atoms with Crippen LogP contribution < -0.4 is 4.90 Å². The van der Waals surface area contributed by atoms with Crippen molar-refractivity contribution in [2.75, 3.05) is 31.1 Å². The van der Waals surface area contributed by atoms with Gasteiger partial charge in [-0.25, -0.2) is 0 Å². The van der Waals surface area contributed by atoms with Crippen LogP contribution in [0.1, 0.15) is 43.0 Å². The Morgan fingerprint density at radius 3 is 2.83 bits per heavy atom. The van der Waals surface area contributed by atoms with E-state index in [0.29, 0.717) is 25.2 Å². The highest BCUT2D eigenvalue weighted by Gasteiger charge is 2.42. The molecule has 2 amide bonds. The third-order valence-electron chi connectivity index (χ3n) is 5.83. The number of para-hydroxylation sites is 1. The second-order valence-corrected chi connectivity index (χ2v) is 7.92. The van der Waals surface area contributed by atoms with E-state index in [1.807, 2.05) is 51.0 Å². The average molecular weight is 396 g/mol. The minimum absolute atomic E-state index is 0.0117. The molecule has 0 aliphatic carbocycles. The number of nitrogens with zero attached hydrogens (tertiary/aromatic N) is 4. The first-order valence-electron chi connectivity index (χ1n) is 10.4. The Morgan fingerprint density at radius 1 is 1.21 bits per heavy atom. The molecule has 0 N–H and O–H groups in total. The van der Waals surface area contributed by atoms with Crippen LogP contribution in [-0.2, 0) is 16.1 Å². The Kier molecular flexibility index (Phi) is 5.67. The van der Waals surface area contributed by atoms with Crippen molar-refractivity contribution < 1.29 is 14.3 Å². The van der Waals surface area contributed by atoms with Gasteiger partial charge in [0, 0.05) is 31.5 Å². The summed E-state index contributed by atoms with van der Waals surface area (Å²) >= 11 is 0. The van der Waals surface area contributed by atoms with Crippen molar-refractivity contribution in [2.45, 2.75) is 44.8 Å². The highest BCUT2D eigenvalue weighted by Crippen LogP contribution is 2.33. The van der Waals surface area contributed by atoms with Crippen LogP contribution in [0.2, 0.25) is 0 Å². The lowest BCUT2D eigenvalue weighted by atomic mass is 9.92. The number of aryl methyl sites for hydroxylation is 1. The zero-order chi connectivity index (χ0) is 20.3. The van der Waals surface area contributed by atoms with Gasteiger partial charge in [0.2, 0.25) is 0 Å². The number of morpholine rings is 1. The van der Waals surface area contributed by atoms with E-state index < -0.39 is 5.60 Å². The van der Waals surface area contributed by atoms with Gasteiger partial charge in [0.05, 0.1) is 23.9 Å². The molecule has 1 atom stereocenters. The second kappa shape index (κ2) is 8.37. The van der Waals surface area contributed by atoms with E-state index in [2.05, 4.69) is 12.0 Å². The molecule has 0 saturated carbocycles. The number of likely N-dealkylation sites (tertiary alicyclic amines) is 1. The number of hydrogen-bond acceptors (Lipinski definition) is 4. The number of anilines is 1. The molecule has 7 nitrogen and oxygen atoms in total. The van der Waals surface area contributed by atoms with Gasteiger partial charge >= 0.3 is 0 Å². The van der Waals surface area contributed by atoms with Gasteiger partial charge in [0.25, 0.3) is 11.8 Å². The van der Waals surface area contributed by atoms with Gasteiger partial charge in [-0.05, 0) is 37.8 Å². The van der Waals surface area contributed by atoms with Crippen molar-refractivity contribution in [3.8, 4) is 0 Å².